The van der Waals surface area contributed by atoms with Crippen molar-refractivity contribution in [1.82, 2.24) is 14.5 Å². The van der Waals surface area contributed by atoms with E-state index in [4.69, 9.17) is 21.3 Å². The molecule has 1 aromatic heterocycles. The molecule has 1 unspecified atom stereocenters. The highest BCUT2D eigenvalue weighted by Gasteiger charge is 2.28. The zero-order chi connectivity index (χ0) is 25.8. The van der Waals surface area contributed by atoms with Gasteiger partial charge in [0.25, 0.3) is 11.5 Å². The fraction of sp³-hybridized carbons (Fsp3) is 0.276. The minimum absolute atomic E-state index is 0.145. The van der Waals surface area contributed by atoms with E-state index in [9.17, 15) is 9.59 Å². The molecule has 7 heteroatoms. The first-order valence-corrected chi connectivity index (χ1v) is 12.4. The van der Waals surface area contributed by atoms with Crippen molar-refractivity contribution in [3.63, 3.8) is 0 Å². The Hall–Kier alpha value is -3.64. The number of methoxy groups -OCH3 is 1. The molecule has 0 aliphatic rings. The molecule has 0 saturated carbocycles. The van der Waals surface area contributed by atoms with Gasteiger partial charge >= 0.3 is 0 Å². The first kappa shape index (κ1) is 25.5. The van der Waals surface area contributed by atoms with E-state index in [1.54, 1.807) is 53.0 Å². The van der Waals surface area contributed by atoms with E-state index >= 15 is 0 Å². The summed E-state index contributed by atoms with van der Waals surface area (Å²) in [4.78, 5) is 34.3. The van der Waals surface area contributed by atoms with Gasteiger partial charge in [0, 0.05) is 17.1 Å². The summed E-state index contributed by atoms with van der Waals surface area (Å²) in [6.45, 7) is 6.66. The van der Waals surface area contributed by atoms with E-state index < -0.39 is 6.04 Å². The number of rotatable bonds is 8. The topological polar surface area (TPSA) is 64.4 Å². The van der Waals surface area contributed by atoms with Gasteiger partial charge in [-0.2, -0.15) is 0 Å². The Bertz CT molecular complexity index is 1430. The molecule has 0 spiro atoms. The predicted octanol–water partition coefficient (Wildman–Crippen LogP) is 6.30. The molecule has 36 heavy (non-hydrogen) atoms. The number of fused-ring (bicyclic) bond motifs is 1. The number of aromatic nitrogens is 2. The van der Waals surface area contributed by atoms with E-state index in [-0.39, 0.29) is 11.5 Å². The van der Waals surface area contributed by atoms with E-state index in [2.05, 4.69) is 13.8 Å². The summed E-state index contributed by atoms with van der Waals surface area (Å²) >= 11 is 6.06. The highest BCUT2D eigenvalue weighted by Crippen LogP contribution is 2.29. The molecule has 6 nitrogen and oxygen atoms in total. The third-order valence-electron chi connectivity index (χ3n) is 6.27. The number of benzene rings is 3. The van der Waals surface area contributed by atoms with Crippen LogP contribution in [0, 0.1) is 5.92 Å². The van der Waals surface area contributed by atoms with Gasteiger partial charge in [-0.15, -0.1) is 0 Å². The maximum atomic E-state index is 13.8. The smallest absolute Gasteiger partial charge is 0.266 e. The average Bonchev–Trinajstić information content (AvgIpc) is 2.88. The molecule has 0 bridgehead atoms. The molecule has 186 valence electrons. The highest BCUT2D eigenvalue weighted by molar-refractivity contribution is 6.30. The molecule has 0 N–H and O–H groups in total. The summed E-state index contributed by atoms with van der Waals surface area (Å²) in [6.07, 6.45) is 0.802. The quantitative estimate of drug-likeness (QED) is 0.283. The van der Waals surface area contributed by atoms with Crippen molar-refractivity contribution in [2.75, 3.05) is 13.7 Å². The van der Waals surface area contributed by atoms with Gasteiger partial charge in [0.05, 0.1) is 29.7 Å². The number of halogens is 1. The summed E-state index contributed by atoms with van der Waals surface area (Å²) in [5.74, 6) is 1.25. The average molecular weight is 504 g/mol. The van der Waals surface area contributed by atoms with Crippen molar-refractivity contribution in [1.29, 1.82) is 0 Å². The van der Waals surface area contributed by atoms with Gasteiger partial charge in [-0.05, 0) is 67.8 Å². The summed E-state index contributed by atoms with van der Waals surface area (Å²) in [5, 5.41) is 1.06. The van der Waals surface area contributed by atoms with Crippen LogP contribution in [0.3, 0.4) is 0 Å². The Morgan fingerprint density at radius 3 is 2.36 bits per heavy atom. The monoisotopic (exact) mass is 503 g/mol. The minimum Gasteiger partial charge on any atom is -0.495 e. The molecule has 0 aliphatic heterocycles. The fourth-order valence-electron chi connectivity index (χ4n) is 4.24. The van der Waals surface area contributed by atoms with Gasteiger partial charge in [0.2, 0.25) is 0 Å². The molecular formula is C29H30ClN3O3. The van der Waals surface area contributed by atoms with Crippen LogP contribution >= 0.6 is 11.6 Å². The second-order valence-electron chi connectivity index (χ2n) is 9.16. The Labute approximate surface area is 216 Å². The van der Waals surface area contributed by atoms with Crippen molar-refractivity contribution in [3.8, 4) is 11.4 Å². The van der Waals surface area contributed by atoms with Crippen molar-refractivity contribution < 1.29 is 9.53 Å². The summed E-state index contributed by atoms with van der Waals surface area (Å²) in [7, 11) is 1.57. The maximum Gasteiger partial charge on any atom is 0.266 e. The minimum atomic E-state index is -0.505. The summed E-state index contributed by atoms with van der Waals surface area (Å²) in [6, 6.07) is 20.9. The van der Waals surface area contributed by atoms with Crippen LogP contribution in [-0.4, -0.2) is 34.0 Å². The molecule has 3 aromatic carbocycles. The first-order chi connectivity index (χ1) is 17.3. The van der Waals surface area contributed by atoms with Crippen molar-refractivity contribution in [2.24, 2.45) is 5.92 Å². The Kier molecular flexibility index (Phi) is 7.75. The number of carbonyl (C=O) groups is 1. The third kappa shape index (κ3) is 5.14. The van der Waals surface area contributed by atoms with Gasteiger partial charge < -0.3 is 9.64 Å². The lowest BCUT2D eigenvalue weighted by molar-refractivity contribution is 0.0671. The number of nitrogens with zero attached hydrogens (tertiary/aromatic N) is 3. The lowest BCUT2D eigenvalue weighted by Gasteiger charge is -2.31. The van der Waals surface area contributed by atoms with Gasteiger partial charge in [-0.1, -0.05) is 49.7 Å². The lowest BCUT2D eigenvalue weighted by atomic mass is 10.1. The van der Waals surface area contributed by atoms with E-state index in [1.807, 2.05) is 43.3 Å². The van der Waals surface area contributed by atoms with Crippen LogP contribution in [0.1, 0.15) is 49.4 Å². The third-order valence-corrected chi connectivity index (χ3v) is 6.52. The van der Waals surface area contributed by atoms with E-state index in [0.29, 0.717) is 51.2 Å². The van der Waals surface area contributed by atoms with Crippen LogP contribution in [0.25, 0.3) is 16.6 Å². The standard InChI is InChI=1S/C29H30ClN3O3/c1-19(2)17-18-32(28(34)21-13-15-22(30)16-14-21)20(3)27-31-24-10-6-5-9-23(24)29(35)33(27)25-11-7-8-12-26(25)36-4/h5-16,19-20H,17-18H2,1-4H3. The van der Waals surface area contributed by atoms with E-state index in [1.165, 1.54) is 0 Å². The molecule has 0 saturated heterocycles. The molecule has 4 rings (SSSR count). The normalized spacial score (nSPS) is 12.1. The molecule has 0 aliphatic carbocycles. The number of hydrogen-bond donors (Lipinski definition) is 0. The maximum absolute atomic E-state index is 13.8. The van der Waals surface area contributed by atoms with Gasteiger partial charge in [0.15, 0.2) is 0 Å². The summed E-state index contributed by atoms with van der Waals surface area (Å²) < 4.78 is 7.16. The summed E-state index contributed by atoms with van der Waals surface area (Å²) in [5.41, 5.74) is 1.47. The Balaban J connectivity index is 1.92. The fourth-order valence-corrected chi connectivity index (χ4v) is 4.37. The molecule has 0 radical (unpaired) electrons. The van der Waals surface area contributed by atoms with Crippen LogP contribution in [-0.2, 0) is 0 Å². The van der Waals surface area contributed by atoms with Crippen LogP contribution in [0.4, 0.5) is 0 Å². The number of para-hydroxylation sites is 3. The van der Waals surface area contributed by atoms with E-state index in [0.717, 1.165) is 6.42 Å². The second kappa shape index (κ2) is 11.0. The zero-order valence-corrected chi connectivity index (χ0v) is 21.7. The number of amides is 1. The number of carbonyl (C=O) groups excluding carboxylic acids is 1. The van der Waals surface area contributed by atoms with Crippen molar-refractivity contribution >= 4 is 28.4 Å². The van der Waals surface area contributed by atoms with Gasteiger partial charge in [0.1, 0.15) is 11.6 Å². The second-order valence-corrected chi connectivity index (χ2v) is 9.60. The Morgan fingerprint density at radius 2 is 1.67 bits per heavy atom. The van der Waals surface area contributed by atoms with Crippen LogP contribution in [0.2, 0.25) is 5.02 Å². The molecule has 1 amide bonds. The Morgan fingerprint density at radius 1 is 1.00 bits per heavy atom. The highest BCUT2D eigenvalue weighted by atomic mass is 35.5. The lowest BCUT2D eigenvalue weighted by Crippen LogP contribution is -2.38. The molecular weight excluding hydrogens is 474 g/mol. The zero-order valence-electron chi connectivity index (χ0n) is 20.9. The molecule has 4 aromatic rings. The predicted molar refractivity (Wildman–Crippen MR) is 144 cm³/mol. The number of ether oxygens (including phenoxy) is 1. The van der Waals surface area contributed by atoms with Crippen LogP contribution < -0.4 is 10.3 Å². The first-order valence-electron chi connectivity index (χ1n) is 12.0. The van der Waals surface area contributed by atoms with Crippen LogP contribution in [0.15, 0.2) is 77.6 Å². The molecule has 0 fully saturated rings. The van der Waals surface area contributed by atoms with Crippen molar-refractivity contribution in [3.05, 3.63) is 99.6 Å². The van der Waals surface area contributed by atoms with Gasteiger partial charge in [-0.25, -0.2) is 4.98 Å². The number of hydrogen-bond acceptors (Lipinski definition) is 4. The van der Waals surface area contributed by atoms with Crippen molar-refractivity contribution in [2.45, 2.75) is 33.2 Å². The van der Waals surface area contributed by atoms with Gasteiger partial charge in [-0.3, -0.25) is 14.2 Å². The SMILES string of the molecule is COc1ccccc1-n1c(C(C)N(CCC(C)C)C(=O)c2ccc(Cl)cc2)nc2ccccc2c1=O. The molecule has 1 atom stereocenters. The van der Waals surface area contributed by atoms with Crippen LogP contribution in [0.5, 0.6) is 5.75 Å². The largest absolute Gasteiger partial charge is 0.495 e. The molecule has 1 heterocycles.